The van der Waals surface area contributed by atoms with E-state index in [-0.39, 0.29) is 11.4 Å². The molecule has 1 N–H and O–H groups in total. The first-order valence-corrected chi connectivity index (χ1v) is 7.86. The van der Waals surface area contributed by atoms with Crippen molar-refractivity contribution in [3.63, 3.8) is 0 Å². The van der Waals surface area contributed by atoms with Gasteiger partial charge in [0.2, 0.25) is 0 Å². The standard InChI is InChI=1S/C17H28N2O2/c1-5-7-8-11-17(3,4)13-19-15-14(10-9-12-18-15)16(20)21-6-2/h9-10,12H,5-8,11,13H2,1-4H3,(H,18,19). The molecular weight excluding hydrogens is 264 g/mol. The topological polar surface area (TPSA) is 51.2 Å². The zero-order valence-corrected chi connectivity index (χ0v) is 13.7. The number of hydrogen-bond acceptors (Lipinski definition) is 4. The molecule has 0 aliphatic carbocycles. The average Bonchev–Trinajstić information content (AvgIpc) is 2.46. The molecule has 1 heterocycles. The number of anilines is 1. The minimum absolute atomic E-state index is 0.179. The molecule has 118 valence electrons. The van der Waals surface area contributed by atoms with Crippen molar-refractivity contribution in [2.45, 2.75) is 53.4 Å². The van der Waals surface area contributed by atoms with Gasteiger partial charge < -0.3 is 10.1 Å². The molecule has 0 atom stereocenters. The number of esters is 1. The maximum atomic E-state index is 11.9. The molecule has 4 heteroatoms. The fourth-order valence-electron chi connectivity index (χ4n) is 2.18. The van der Waals surface area contributed by atoms with E-state index in [9.17, 15) is 4.79 Å². The molecule has 0 saturated carbocycles. The minimum atomic E-state index is -0.322. The Morgan fingerprint density at radius 3 is 2.76 bits per heavy atom. The van der Waals surface area contributed by atoms with Gasteiger partial charge in [-0.25, -0.2) is 9.78 Å². The van der Waals surface area contributed by atoms with Gasteiger partial charge in [0.25, 0.3) is 0 Å². The predicted octanol–water partition coefficient (Wildman–Crippen LogP) is 4.28. The van der Waals surface area contributed by atoms with Crippen molar-refractivity contribution in [1.82, 2.24) is 4.98 Å². The maximum absolute atomic E-state index is 11.9. The Bertz CT molecular complexity index is 444. The third kappa shape index (κ3) is 6.15. The molecule has 0 fully saturated rings. The minimum Gasteiger partial charge on any atom is -0.462 e. The lowest BCUT2D eigenvalue weighted by Gasteiger charge is -2.25. The van der Waals surface area contributed by atoms with Crippen LogP contribution in [0, 0.1) is 5.41 Å². The Morgan fingerprint density at radius 2 is 2.10 bits per heavy atom. The van der Waals surface area contributed by atoms with Gasteiger partial charge in [-0.1, -0.05) is 40.0 Å². The van der Waals surface area contributed by atoms with Gasteiger partial charge in [0.15, 0.2) is 0 Å². The lowest BCUT2D eigenvalue weighted by atomic mass is 9.87. The number of unbranched alkanes of at least 4 members (excludes halogenated alkanes) is 2. The highest BCUT2D eigenvalue weighted by atomic mass is 16.5. The highest BCUT2D eigenvalue weighted by Crippen LogP contribution is 2.25. The van der Waals surface area contributed by atoms with E-state index < -0.39 is 0 Å². The van der Waals surface area contributed by atoms with Gasteiger partial charge >= 0.3 is 5.97 Å². The highest BCUT2D eigenvalue weighted by molar-refractivity contribution is 5.94. The van der Waals surface area contributed by atoms with Crippen LogP contribution in [0.3, 0.4) is 0 Å². The molecule has 1 aromatic rings. The van der Waals surface area contributed by atoms with Crippen LogP contribution in [0.4, 0.5) is 5.82 Å². The number of carbonyl (C=O) groups excluding carboxylic acids is 1. The summed E-state index contributed by atoms with van der Waals surface area (Å²) in [5.74, 6) is 0.288. The van der Waals surface area contributed by atoms with Crippen molar-refractivity contribution in [3.8, 4) is 0 Å². The Labute approximate surface area is 128 Å². The van der Waals surface area contributed by atoms with Crippen LogP contribution in [0.1, 0.15) is 63.7 Å². The van der Waals surface area contributed by atoms with Crippen LogP contribution in [0.2, 0.25) is 0 Å². The van der Waals surface area contributed by atoms with Crippen molar-refractivity contribution in [2.75, 3.05) is 18.5 Å². The zero-order valence-electron chi connectivity index (χ0n) is 13.7. The lowest BCUT2D eigenvalue weighted by Crippen LogP contribution is -2.24. The van der Waals surface area contributed by atoms with Gasteiger partial charge in [-0.05, 0) is 30.9 Å². The van der Waals surface area contributed by atoms with Gasteiger partial charge in [0.1, 0.15) is 11.4 Å². The molecule has 0 saturated heterocycles. The SMILES string of the molecule is CCCCCC(C)(C)CNc1ncccc1C(=O)OCC. The fraction of sp³-hybridized carbons (Fsp3) is 0.647. The van der Waals surface area contributed by atoms with Crippen molar-refractivity contribution in [2.24, 2.45) is 5.41 Å². The van der Waals surface area contributed by atoms with E-state index in [1.54, 1.807) is 25.3 Å². The first-order chi connectivity index (χ1) is 10.00. The summed E-state index contributed by atoms with van der Waals surface area (Å²) in [6, 6.07) is 3.50. The molecule has 0 unspecified atom stereocenters. The number of rotatable bonds is 9. The zero-order chi connectivity index (χ0) is 15.7. The smallest absolute Gasteiger partial charge is 0.341 e. The van der Waals surface area contributed by atoms with E-state index in [4.69, 9.17) is 4.74 Å². The van der Waals surface area contributed by atoms with Crippen LogP contribution in [0.15, 0.2) is 18.3 Å². The first-order valence-electron chi connectivity index (χ1n) is 7.86. The predicted molar refractivity (Wildman–Crippen MR) is 86.6 cm³/mol. The second kappa shape index (κ2) is 8.65. The molecule has 0 aliphatic rings. The van der Waals surface area contributed by atoms with Crippen molar-refractivity contribution >= 4 is 11.8 Å². The summed E-state index contributed by atoms with van der Waals surface area (Å²) < 4.78 is 5.06. The molecule has 1 rings (SSSR count). The number of carbonyl (C=O) groups is 1. The van der Waals surface area contributed by atoms with Crippen LogP contribution < -0.4 is 5.32 Å². The quantitative estimate of drug-likeness (QED) is 0.545. The Kier molecular flexibility index (Phi) is 7.20. The van der Waals surface area contributed by atoms with Crippen molar-refractivity contribution in [1.29, 1.82) is 0 Å². The van der Waals surface area contributed by atoms with Gasteiger partial charge in [-0.15, -0.1) is 0 Å². The molecule has 0 aromatic carbocycles. The van der Waals surface area contributed by atoms with Crippen LogP contribution >= 0.6 is 0 Å². The van der Waals surface area contributed by atoms with Crippen molar-refractivity contribution in [3.05, 3.63) is 23.9 Å². The molecule has 21 heavy (non-hydrogen) atoms. The van der Waals surface area contributed by atoms with Crippen molar-refractivity contribution < 1.29 is 9.53 Å². The van der Waals surface area contributed by atoms with E-state index in [1.807, 2.05) is 0 Å². The van der Waals surface area contributed by atoms with Crippen LogP contribution in [0.25, 0.3) is 0 Å². The molecule has 0 spiro atoms. The van der Waals surface area contributed by atoms with E-state index in [0.29, 0.717) is 18.0 Å². The van der Waals surface area contributed by atoms with Gasteiger partial charge in [-0.3, -0.25) is 0 Å². The number of aromatic nitrogens is 1. The van der Waals surface area contributed by atoms with E-state index in [2.05, 4.69) is 31.1 Å². The van der Waals surface area contributed by atoms with Crippen LogP contribution in [-0.4, -0.2) is 24.1 Å². The number of hydrogen-bond donors (Lipinski definition) is 1. The molecule has 0 radical (unpaired) electrons. The summed E-state index contributed by atoms with van der Waals surface area (Å²) in [4.78, 5) is 16.2. The summed E-state index contributed by atoms with van der Waals surface area (Å²) in [5, 5.41) is 3.31. The van der Waals surface area contributed by atoms with E-state index >= 15 is 0 Å². The number of nitrogens with zero attached hydrogens (tertiary/aromatic N) is 1. The molecule has 0 amide bonds. The van der Waals surface area contributed by atoms with E-state index in [0.717, 1.165) is 13.0 Å². The highest BCUT2D eigenvalue weighted by Gasteiger charge is 2.19. The number of ether oxygens (including phenoxy) is 1. The summed E-state index contributed by atoms with van der Waals surface area (Å²) in [6.07, 6.45) is 6.58. The number of pyridine rings is 1. The summed E-state index contributed by atoms with van der Waals surface area (Å²) >= 11 is 0. The molecule has 1 aromatic heterocycles. The average molecular weight is 292 g/mol. The van der Waals surface area contributed by atoms with E-state index in [1.165, 1.54) is 19.3 Å². The Morgan fingerprint density at radius 1 is 1.33 bits per heavy atom. The Balaban J connectivity index is 2.64. The molecule has 0 aliphatic heterocycles. The van der Waals surface area contributed by atoms with Gasteiger partial charge in [0, 0.05) is 12.7 Å². The first kappa shape index (κ1) is 17.5. The fourth-order valence-corrected chi connectivity index (χ4v) is 2.18. The summed E-state index contributed by atoms with van der Waals surface area (Å²) in [7, 11) is 0. The normalized spacial score (nSPS) is 11.2. The summed E-state index contributed by atoms with van der Waals surface area (Å²) in [5.41, 5.74) is 0.683. The van der Waals surface area contributed by atoms with Gasteiger partial charge in [0.05, 0.1) is 6.61 Å². The molecular formula is C17H28N2O2. The Hall–Kier alpha value is -1.58. The summed E-state index contributed by atoms with van der Waals surface area (Å²) in [6.45, 7) is 9.66. The third-order valence-electron chi connectivity index (χ3n) is 3.49. The second-order valence-electron chi connectivity index (χ2n) is 6.09. The number of nitrogens with one attached hydrogen (secondary N) is 1. The maximum Gasteiger partial charge on any atom is 0.341 e. The largest absolute Gasteiger partial charge is 0.462 e. The molecule has 0 bridgehead atoms. The van der Waals surface area contributed by atoms with Crippen LogP contribution in [-0.2, 0) is 4.74 Å². The lowest BCUT2D eigenvalue weighted by molar-refractivity contribution is 0.0527. The van der Waals surface area contributed by atoms with Crippen LogP contribution in [0.5, 0.6) is 0 Å². The van der Waals surface area contributed by atoms with Gasteiger partial charge in [-0.2, -0.15) is 0 Å². The molecule has 4 nitrogen and oxygen atoms in total. The third-order valence-corrected chi connectivity index (χ3v) is 3.49. The second-order valence-corrected chi connectivity index (χ2v) is 6.09. The monoisotopic (exact) mass is 292 g/mol.